The van der Waals surface area contributed by atoms with Crippen LogP contribution >= 0.6 is 0 Å². The molecule has 0 N–H and O–H groups in total. The molecule has 8 nitrogen and oxygen atoms in total. The Morgan fingerprint density at radius 3 is 2.40 bits per heavy atom. The van der Waals surface area contributed by atoms with Gasteiger partial charge in [0.05, 0.1) is 12.1 Å². The van der Waals surface area contributed by atoms with Gasteiger partial charge >= 0.3 is 5.97 Å². The molecule has 0 spiro atoms. The molecule has 0 saturated carbocycles. The van der Waals surface area contributed by atoms with Gasteiger partial charge in [0, 0.05) is 17.2 Å². The number of rotatable bonds is 11. The van der Waals surface area contributed by atoms with Crippen LogP contribution in [0.3, 0.4) is 0 Å². The van der Waals surface area contributed by atoms with E-state index < -0.39 is 24.4 Å². The maximum absolute atomic E-state index is 12.8. The first-order valence-electron chi connectivity index (χ1n) is 16.2. The molecule has 2 heterocycles. The number of aromatic nitrogens is 1. The van der Waals surface area contributed by atoms with E-state index in [4.69, 9.17) is 23.6 Å². The summed E-state index contributed by atoms with van der Waals surface area (Å²) in [6.07, 6.45) is 2.37. The number of esters is 1. The molecule has 1 aromatic heterocycles. The molecule has 0 saturated heterocycles. The molecule has 48 heavy (non-hydrogen) atoms. The molecule has 1 aliphatic rings. The van der Waals surface area contributed by atoms with E-state index in [0.29, 0.717) is 23.6 Å². The third-order valence-electron chi connectivity index (χ3n) is 7.92. The van der Waals surface area contributed by atoms with Crippen LogP contribution in [0.4, 0.5) is 0 Å². The van der Waals surface area contributed by atoms with Gasteiger partial charge < -0.3 is 23.6 Å². The summed E-state index contributed by atoms with van der Waals surface area (Å²) in [6.45, 7) is 11.9. The van der Waals surface area contributed by atoms with Crippen molar-refractivity contribution < 1.29 is 28.4 Å². The van der Waals surface area contributed by atoms with E-state index in [0.717, 1.165) is 33.5 Å². The molecule has 3 aromatic carbocycles. The van der Waals surface area contributed by atoms with Crippen LogP contribution in [0.2, 0.25) is 0 Å². The Labute approximate surface area is 282 Å². The second-order valence-corrected chi connectivity index (χ2v) is 12.2. The van der Waals surface area contributed by atoms with Crippen LogP contribution in [0.25, 0.3) is 11.3 Å². The lowest BCUT2D eigenvalue weighted by Gasteiger charge is -2.30. The van der Waals surface area contributed by atoms with Crippen molar-refractivity contribution in [3.63, 3.8) is 0 Å². The van der Waals surface area contributed by atoms with Crippen molar-refractivity contribution in [1.82, 2.24) is 5.16 Å². The minimum atomic E-state index is -0.548. The highest BCUT2D eigenvalue weighted by Gasteiger charge is 2.30. The summed E-state index contributed by atoms with van der Waals surface area (Å²) < 4.78 is 23.7. The smallest absolute Gasteiger partial charge is 0.306 e. The maximum Gasteiger partial charge on any atom is 0.306 e. The summed E-state index contributed by atoms with van der Waals surface area (Å²) in [5.41, 5.74) is 7.97. The molecular weight excluding hydrogens is 604 g/mol. The van der Waals surface area contributed by atoms with Gasteiger partial charge in [-0.3, -0.25) is 4.79 Å². The van der Waals surface area contributed by atoms with Crippen molar-refractivity contribution in [2.45, 2.75) is 78.8 Å². The number of nitrogens with zero attached hydrogens (tertiary/aromatic N) is 2. The summed E-state index contributed by atoms with van der Waals surface area (Å²) in [7, 11) is 0. The average molecular weight is 647 g/mol. The number of aryl methyl sites for hydroxylation is 4. The SMILES string of the molecule is C/C(CCC(=O)OC[C@@H]1O[C@H](C#Cc2ccccc2)C=C[C@@H]1Oc1ccc(C)cc1)=N/O[C@@H](C)c1cc(-c2c(C)cc(C)cc2C)no1. The molecule has 0 bridgehead atoms. The van der Waals surface area contributed by atoms with Crippen molar-refractivity contribution in [2.75, 3.05) is 6.61 Å². The second-order valence-electron chi connectivity index (χ2n) is 12.2. The fourth-order valence-electron chi connectivity index (χ4n) is 5.41. The first-order chi connectivity index (χ1) is 23.1. The van der Waals surface area contributed by atoms with E-state index in [1.165, 1.54) is 5.56 Å². The molecular formula is C40H42N2O6. The van der Waals surface area contributed by atoms with Gasteiger partial charge in [-0.25, -0.2) is 0 Å². The Morgan fingerprint density at radius 2 is 1.67 bits per heavy atom. The van der Waals surface area contributed by atoms with E-state index in [9.17, 15) is 4.79 Å². The van der Waals surface area contributed by atoms with E-state index in [1.54, 1.807) is 6.92 Å². The number of ether oxygens (including phenoxy) is 3. The Balaban J connectivity index is 1.14. The van der Waals surface area contributed by atoms with Crippen LogP contribution in [-0.4, -0.2) is 41.8 Å². The zero-order valence-corrected chi connectivity index (χ0v) is 28.4. The third kappa shape index (κ3) is 9.46. The maximum atomic E-state index is 12.8. The lowest BCUT2D eigenvalue weighted by molar-refractivity contribution is -0.151. The fourth-order valence-corrected chi connectivity index (χ4v) is 5.41. The summed E-state index contributed by atoms with van der Waals surface area (Å²) in [5, 5.41) is 8.49. The van der Waals surface area contributed by atoms with Crippen LogP contribution in [-0.2, 0) is 19.1 Å². The minimum absolute atomic E-state index is 0.0146. The molecule has 248 valence electrons. The van der Waals surface area contributed by atoms with E-state index in [-0.39, 0.29) is 19.0 Å². The largest absolute Gasteiger partial charge is 0.483 e. The fraction of sp³-hybridized carbons (Fsp3) is 0.325. The molecule has 4 atom stereocenters. The Bertz CT molecular complexity index is 1790. The van der Waals surface area contributed by atoms with Gasteiger partial charge in [0.1, 0.15) is 36.4 Å². The van der Waals surface area contributed by atoms with Crippen LogP contribution < -0.4 is 4.74 Å². The molecule has 0 fully saturated rings. The lowest BCUT2D eigenvalue weighted by Crippen LogP contribution is -2.42. The highest BCUT2D eigenvalue weighted by Crippen LogP contribution is 2.30. The zero-order valence-electron chi connectivity index (χ0n) is 28.4. The van der Waals surface area contributed by atoms with Gasteiger partial charge in [0.2, 0.25) is 0 Å². The minimum Gasteiger partial charge on any atom is -0.483 e. The monoisotopic (exact) mass is 646 g/mol. The molecule has 4 aromatic rings. The Morgan fingerprint density at radius 1 is 0.938 bits per heavy atom. The van der Waals surface area contributed by atoms with Gasteiger partial charge in [0.25, 0.3) is 0 Å². The Kier molecular flexibility index (Phi) is 11.5. The molecule has 0 amide bonds. The van der Waals surface area contributed by atoms with Crippen molar-refractivity contribution in [3.8, 4) is 28.8 Å². The second kappa shape index (κ2) is 16.1. The van der Waals surface area contributed by atoms with Gasteiger partial charge in [0.15, 0.2) is 11.9 Å². The van der Waals surface area contributed by atoms with Crippen molar-refractivity contribution >= 4 is 11.7 Å². The Hall–Kier alpha value is -5.13. The molecule has 1 aliphatic heterocycles. The van der Waals surface area contributed by atoms with E-state index in [1.807, 2.05) is 86.7 Å². The predicted molar refractivity (Wildman–Crippen MR) is 186 cm³/mol. The average Bonchev–Trinajstić information content (AvgIpc) is 3.56. The molecule has 8 heteroatoms. The summed E-state index contributed by atoms with van der Waals surface area (Å²) in [4.78, 5) is 18.5. The van der Waals surface area contributed by atoms with Crippen LogP contribution in [0.5, 0.6) is 5.75 Å². The highest BCUT2D eigenvalue weighted by molar-refractivity contribution is 5.85. The van der Waals surface area contributed by atoms with E-state index >= 15 is 0 Å². The van der Waals surface area contributed by atoms with Crippen molar-refractivity contribution in [1.29, 1.82) is 0 Å². The first kappa shape index (κ1) is 34.2. The number of benzene rings is 3. The third-order valence-corrected chi connectivity index (χ3v) is 7.92. The normalized spacial score (nSPS) is 18.0. The molecule has 0 radical (unpaired) electrons. The number of hydrogen-bond acceptors (Lipinski definition) is 8. The number of hydrogen-bond donors (Lipinski definition) is 0. The molecule has 5 rings (SSSR count). The quantitative estimate of drug-likeness (QED) is 0.0534. The standard InChI is InChI=1S/C40H42N2O6/c1-26-12-16-33(17-13-26)45-36-20-19-34(18-15-32-10-8-7-9-11-32)46-38(36)25-44-39(43)21-14-30(5)41-47-31(6)37-24-35(42-48-37)40-28(3)22-27(2)23-29(40)4/h7-13,16-17,19-20,22-24,31,34,36,38H,14,21,25H2,1-6H3/b41-30-/t31-,34+,36-,38-/m0/s1. The lowest BCUT2D eigenvalue weighted by atomic mass is 9.97. The number of carbonyl (C=O) groups is 1. The number of carbonyl (C=O) groups excluding carboxylic acids is 1. The van der Waals surface area contributed by atoms with Crippen LogP contribution in [0.1, 0.15) is 66.4 Å². The molecule has 0 unspecified atom stereocenters. The molecule has 0 aliphatic carbocycles. The van der Waals surface area contributed by atoms with Gasteiger partial charge in [-0.1, -0.05) is 75.7 Å². The van der Waals surface area contributed by atoms with E-state index in [2.05, 4.69) is 55.1 Å². The van der Waals surface area contributed by atoms with Gasteiger partial charge in [-0.15, -0.1) is 0 Å². The number of oxime groups is 1. The first-order valence-corrected chi connectivity index (χ1v) is 16.2. The van der Waals surface area contributed by atoms with Crippen LogP contribution in [0.15, 0.2) is 94.6 Å². The zero-order chi connectivity index (χ0) is 34.0. The summed E-state index contributed by atoms with van der Waals surface area (Å²) in [6, 6.07) is 23.6. The topological polar surface area (TPSA) is 92.4 Å². The van der Waals surface area contributed by atoms with Crippen LogP contribution in [0, 0.1) is 39.5 Å². The summed E-state index contributed by atoms with van der Waals surface area (Å²) in [5.74, 6) is 7.17. The highest BCUT2D eigenvalue weighted by atomic mass is 16.6. The van der Waals surface area contributed by atoms with Crippen molar-refractivity contribution in [3.05, 3.63) is 119 Å². The predicted octanol–water partition coefficient (Wildman–Crippen LogP) is 8.18. The van der Waals surface area contributed by atoms with Gasteiger partial charge in [-0.05, 0) is 95.5 Å². The van der Waals surface area contributed by atoms with Crippen molar-refractivity contribution in [2.24, 2.45) is 5.16 Å². The van der Waals surface area contributed by atoms with Gasteiger partial charge in [-0.2, -0.15) is 0 Å². The summed E-state index contributed by atoms with van der Waals surface area (Å²) >= 11 is 0.